The van der Waals surface area contributed by atoms with Crippen LogP contribution in [0.3, 0.4) is 0 Å². The molecule has 0 atom stereocenters. The summed E-state index contributed by atoms with van der Waals surface area (Å²) in [4.78, 5) is 15.1. The van der Waals surface area contributed by atoms with Crippen LogP contribution in [0.5, 0.6) is 0 Å². The Kier molecular flexibility index (Phi) is 3.29. The van der Waals surface area contributed by atoms with E-state index in [9.17, 15) is 4.79 Å². The van der Waals surface area contributed by atoms with Gasteiger partial charge in [-0.2, -0.15) is 0 Å². The summed E-state index contributed by atoms with van der Waals surface area (Å²) in [7, 11) is 0. The molecular formula is C8H9N3OS. The summed E-state index contributed by atoms with van der Waals surface area (Å²) in [6.07, 6.45) is 5.54. The first-order valence-electron chi connectivity index (χ1n) is 3.66. The van der Waals surface area contributed by atoms with Crippen LogP contribution in [0, 0.1) is 12.3 Å². The third-order valence-corrected chi connectivity index (χ3v) is 1.98. The average Bonchev–Trinajstić information content (AvgIpc) is 2.52. The van der Waals surface area contributed by atoms with Gasteiger partial charge in [0.05, 0.1) is 0 Å². The van der Waals surface area contributed by atoms with Gasteiger partial charge in [0, 0.05) is 18.3 Å². The standard InChI is InChI=1S/C8H9N3OS/c1-2-3-4-10-7(12)6-5-13-8(9)11-6/h1,5H,3-4H2,(H2,9,11)(H,10,12). The van der Waals surface area contributed by atoms with E-state index in [2.05, 4.69) is 16.2 Å². The third kappa shape index (κ3) is 2.76. The molecule has 0 radical (unpaired) electrons. The third-order valence-electron chi connectivity index (χ3n) is 1.31. The van der Waals surface area contributed by atoms with Crippen LogP contribution in [-0.4, -0.2) is 17.4 Å². The van der Waals surface area contributed by atoms with Crippen molar-refractivity contribution >= 4 is 22.4 Å². The molecular weight excluding hydrogens is 186 g/mol. The lowest BCUT2D eigenvalue weighted by atomic mass is 10.4. The molecule has 5 heteroatoms. The monoisotopic (exact) mass is 195 g/mol. The van der Waals surface area contributed by atoms with Gasteiger partial charge in [0.15, 0.2) is 5.13 Å². The number of nitrogen functional groups attached to an aromatic ring is 1. The van der Waals surface area contributed by atoms with Gasteiger partial charge in [-0.15, -0.1) is 23.7 Å². The summed E-state index contributed by atoms with van der Waals surface area (Å²) in [6, 6.07) is 0. The van der Waals surface area contributed by atoms with E-state index in [1.54, 1.807) is 5.38 Å². The first-order chi connectivity index (χ1) is 6.24. The molecule has 1 aromatic rings. The van der Waals surface area contributed by atoms with Crippen LogP contribution >= 0.6 is 11.3 Å². The van der Waals surface area contributed by atoms with Gasteiger partial charge in [0.25, 0.3) is 5.91 Å². The number of nitrogens with two attached hydrogens (primary N) is 1. The molecule has 1 heterocycles. The van der Waals surface area contributed by atoms with E-state index < -0.39 is 0 Å². The molecule has 0 aliphatic rings. The average molecular weight is 195 g/mol. The maximum Gasteiger partial charge on any atom is 0.270 e. The van der Waals surface area contributed by atoms with Crippen molar-refractivity contribution < 1.29 is 4.79 Å². The number of hydrogen-bond acceptors (Lipinski definition) is 4. The Hall–Kier alpha value is -1.54. The van der Waals surface area contributed by atoms with Crippen LogP contribution in [0.2, 0.25) is 0 Å². The smallest absolute Gasteiger partial charge is 0.270 e. The second-order valence-corrected chi connectivity index (χ2v) is 3.17. The van der Waals surface area contributed by atoms with Crippen molar-refractivity contribution in [1.82, 2.24) is 10.3 Å². The van der Waals surface area contributed by atoms with Crippen molar-refractivity contribution in [3.63, 3.8) is 0 Å². The molecule has 4 nitrogen and oxygen atoms in total. The van der Waals surface area contributed by atoms with Gasteiger partial charge in [-0.25, -0.2) is 4.98 Å². The largest absolute Gasteiger partial charge is 0.375 e. The van der Waals surface area contributed by atoms with Crippen molar-refractivity contribution in [3.05, 3.63) is 11.1 Å². The van der Waals surface area contributed by atoms with Crippen LogP contribution < -0.4 is 11.1 Å². The van der Waals surface area contributed by atoms with Gasteiger partial charge in [-0.1, -0.05) is 0 Å². The molecule has 0 saturated heterocycles. The quantitative estimate of drug-likeness (QED) is 0.544. The minimum Gasteiger partial charge on any atom is -0.375 e. The zero-order valence-electron chi connectivity index (χ0n) is 6.91. The number of anilines is 1. The Labute approximate surface area is 80.2 Å². The minimum atomic E-state index is -0.233. The number of nitrogens with zero attached hydrogens (tertiary/aromatic N) is 1. The van der Waals surface area contributed by atoms with Gasteiger partial charge in [0.1, 0.15) is 5.69 Å². The van der Waals surface area contributed by atoms with Crippen LogP contribution in [0.4, 0.5) is 5.13 Å². The number of thiazole rings is 1. The Morgan fingerprint density at radius 2 is 2.62 bits per heavy atom. The van der Waals surface area contributed by atoms with Crippen LogP contribution in [-0.2, 0) is 0 Å². The van der Waals surface area contributed by atoms with Crippen molar-refractivity contribution in [3.8, 4) is 12.3 Å². The Morgan fingerprint density at radius 1 is 1.85 bits per heavy atom. The number of terminal acetylenes is 1. The molecule has 0 aliphatic carbocycles. The van der Waals surface area contributed by atoms with E-state index in [1.807, 2.05) is 0 Å². The molecule has 3 N–H and O–H groups in total. The predicted octanol–water partition coefficient (Wildman–Crippen LogP) is 0.478. The van der Waals surface area contributed by atoms with E-state index >= 15 is 0 Å². The summed E-state index contributed by atoms with van der Waals surface area (Å²) in [6.45, 7) is 0.465. The summed E-state index contributed by atoms with van der Waals surface area (Å²) in [5.41, 5.74) is 5.71. The summed E-state index contributed by atoms with van der Waals surface area (Å²) in [5.74, 6) is 2.19. The van der Waals surface area contributed by atoms with Gasteiger partial charge < -0.3 is 11.1 Å². The Morgan fingerprint density at radius 3 is 3.15 bits per heavy atom. The van der Waals surface area contributed by atoms with E-state index in [0.29, 0.717) is 23.8 Å². The van der Waals surface area contributed by atoms with Crippen molar-refractivity contribution in [2.75, 3.05) is 12.3 Å². The highest BCUT2D eigenvalue weighted by atomic mass is 32.1. The maximum absolute atomic E-state index is 11.2. The second-order valence-electron chi connectivity index (χ2n) is 2.28. The van der Waals surface area contributed by atoms with Crippen LogP contribution in [0.25, 0.3) is 0 Å². The normalized spacial score (nSPS) is 9.15. The molecule has 68 valence electrons. The lowest BCUT2D eigenvalue weighted by Crippen LogP contribution is -2.24. The van der Waals surface area contributed by atoms with E-state index in [4.69, 9.17) is 12.2 Å². The van der Waals surface area contributed by atoms with Gasteiger partial charge in [-0.05, 0) is 0 Å². The van der Waals surface area contributed by atoms with E-state index in [-0.39, 0.29) is 5.91 Å². The molecule has 0 spiro atoms. The van der Waals surface area contributed by atoms with Gasteiger partial charge >= 0.3 is 0 Å². The fourth-order valence-electron chi connectivity index (χ4n) is 0.731. The number of amides is 1. The predicted molar refractivity (Wildman–Crippen MR) is 52.3 cm³/mol. The highest BCUT2D eigenvalue weighted by Crippen LogP contribution is 2.10. The second kappa shape index (κ2) is 4.48. The molecule has 0 bridgehead atoms. The lowest BCUT2D eigenvalue weighted by Gasteiger charge is -1.97. The van der Waals surface area contributed by atoms with Crippen molar-refractivity contribution in [1.29, 1.82) is 0 Å². The van der Waals surface area contributed by atoms with Crippen LogP contribution in [0.1, 0.15) is 16.9 Å². The summed E-state index contributed by atoms with van der Waals surface area (Å²) >= 11 is 1.24. The van der Waals surface area contributed by atoms with Gasteiger partial charge in [0.2, 0.25) is 0 Å². The molecule has 0 fully saturated rings. The van der Waals surface area contributed by atoms with Gasteiger partial charge in [-0.3, -0.25) is 4.79 Å². The number of rotatable bonds is 3. The Balaban J connectivity index is 2.45. The van der Waals surface area contributed by atoms with E-state index in [1.165, 1.54) is 11.3 Å². The van der Waals surface area contributed by atoms with Crippen LogP contribution in [0.15, 0.2) is 5.38 Å². The number of aromatic nitrogens is 1. The lowest BCUT2D eigenvalue weighted by molar-refractivity contribution is 0.0950. The fourth-order valence-corrected chi connectivity index (χ4v) is 1.27. The van der Waals surface area contributed by atoms with Crippen molar-refractivity contribution in [2.24, 2.45) is 0 Å². The zero-order chi connectivity index (χ0) is 9.68. The molecule has 1 aromatic heterocycles. The molecule has 0 aromatic carbocycles. The number of carbonyl (C=O) groups is 1. The summed E-state index contributed by atoms with van der Waals surface area (Å²) in [5, 5.41) is 4.62. The van der Waals surface area contributed by atoms with E-state index in [0.717, 1.165) is 0 Å². The molecule has 0 saturated carbocycles. The topological polar surface area (TPSA) is 68.0 Å². The molecule has 0 unspecified atom stereocenters. The SMILES string of the molecule is C#CCCNC(=O)c1csc(N)n1. The van der Waals surface area contributed by atoms with Crippen molar-refractivity contribution in [2.45, 2.75) is 6.42 Å². The Bertz CT molecular complexity index is 339. The number of carbonyl (C=O) groups excluding carboxylic acids is 1. The number of nitrogens with one attached hydrogen (secondary N) is 1. The highest BCUT2D eigenvalue weighted by molar-refractivity contribution is 7.13. The fraction of sp³-hybridized carbons (Fsp3) is 0.250. The summed E-state index contributed by atoms with van der Waals surface area (Å²) < 4.78 is 0. The molecule has 13 heavy (non-hydrogen) atoms. The molecule has 1 amide bonds. The zero-order valence-corrected chi connectivity index (χ0v) is 7.73. The highest BCUT2D eigenvalue weighted by Gasteiger charge is 2.07. The number of hydrogen-bond donors (Lipinski definition) is 2. The minimum absolute atomic E-state index is 0.233. The molecule has 1 rings (SSSR count). The first kappa shape index (κ1) is 9.55. The molecule has 0 aliphatic heterocycles. The maximum atomic E-state index is 11.2. The first-order valence-corrected chi connectivity index (χ1v) is 4.54.